The van der Waals surface area contributed by atoms with E-state index in [-0.39, 0.29) is 12.0 Å². The second-order valence-corrected chi connectivity index (χ2v) is 6.78. The van der Waals surface area contributed by atoms with Crippen molar-refractivity contribution in [3.8, 4) is 0 Å². The first-order chi connectivity index (χ1) is 9.50. The summed E-state index contributed by atoms with van der Waals surface area (Å²) in [5, 5.41) is 0. The quantitative estimate of drug-likeness (QED) is 0.917. The zero-order chi connectivity index (χ0) is 14.6. The molecule has 2 rings (SSSR count). The third-order valence-corrected chi connectivity index (χ3v) is 4.62. The normalized spacial score (nSPS) is 13.3. The molecule has 4 heteroatoms. The van der Waals surface area contributed by atoms with Crippen LogP contribution in [0.25, 0.3) is 0 Å². The maximum absolute atomic E-state index is 12.4. The van der Waals surface area contributed by atoms with E-state index in [0.29, 0.717) is 4.90 Å². The van der Waals surface area contributed by atoms with Crippen LogP contribution >= 0.6 is 0 Å². The lowest BCUT2D eigenvalue weighted by Gasteiger charge is -2.22. The molecule has 0 amide bonds. The number of hydrogen-bond donors (Lipinski definition) is 1. The lowest BCUT2D eigenvalue weighted by molar-refractivity contribution is 0.463. The number of hydrogen-bond acceptors (Lipinski definition) is 2. The summed E-state index contributed by atoms with van der Waals surface area (Å²) in [6, 6.07) is 17.9. The van der Waals surface area contributed by atoms with E-state index >= 15 is 0 Å². The predicted octanol–water partition coefficient (Wildman–Crippen LogP) is 3.36. The van der Waals surface area contributed by atoms with Crippen LogP contribution in [-0.4, -0.2) is 8.42 Å². The molecule has 3 nitrogen and oxygen atoms in total. The number of rotatable bonds is 5. The Labute approximate surface area is 120 Å². The molecule has 2 aromatic carbocycles. The van der Waals surface area contributed by atoms with Gasteiger partial charge in [-0.1, -0.05) is 62.4 Å². The lowest BCUT2D eigenvalue weighted by atomic mass is 9.97. The number of sulfonamides is 1. The monoisotopic (exact) mass is 289 g/mol. The second kappa shape index (κ2) is 6.20. The maximum Gasteiger partial charge on any atom is 0.241 e. The van der Waals surface area contributed by atoms with Crippen LogP contribution in [0.4, 0.5) is 0 Å². The second-order valence-electron chi connectivity index (χ2n) is 5.07. The molecule has 106 valence electrons. The van der Waals surface area contributed by atoms with Crippen molar-refractivity contribution < 1.29 is 8.42 Å². The predicted molar refractivity (Wildman–Crippen MR) is 80.8 cm³/mol. The van der Waals surface area contributed by atoms with Crippen LogP contribution in [-0.2, 0) is 10.0 Å². The van der Waals surface area contributed by atoms with Crippen molar-refractivity contribution in [2.75, 3.05) is 0 Å². The van der Waals surface area contributed by atoms with Gasteiger partial charge in [0, 0.05) is 6.04 Å². The molecule has 0 heterocycles. The van der Waals surface area contributed by atoms with Crippen LogP contribution in [0.5, 0.6) is 0 Å². The van der Waals surface area contributed by atoms with Crippen LogP contribution in [0.2, 0.25) is 0 Å². The molecular formula is C16H19NO2S. The molecule has 0 aliphatic carbocycles. The molecule has 0 saturated heterocycles. The van der Waals surface area contributed by atoms with Crippen molar-refractivity contribution >= 4 is 10.0 Å². The maximum atomic E-state index is 12.4. The van der Waals surface area contributed by atoms with Gasteiger partial charge in [-0.25, -0.2) is 13.1 Å². The Balaban J connectivity index is 2.30. The van der Waals surface area contributed by atoms with Gasteiger partial charge in [0.1, 0.15) is 0 Å². The van der Waals surface area contributed by atoms with E-state index in [1.54, 1.807) is 30.3 Å². The Bertz CT molecular complexity index is 637. The Morgan fingerprint density at radius 1 is 0.850 bits per heavy atom. The zero-order valence-corrected chi connectivity index (χ0v) is 12.5. The van der Waals surface area contributed by atoms with Crippen LogP contribution in [0.3, 0.4) is 0 Å². The molecule has 2 aromatic rings. The Morgan fingerprint density at radius 3 is 1.85 bits per heavy atom. The van der Waals surface area contributed by atoms with Crippen LogP contribution in [0.15, 0.2) is 65.6 Å². The summed E-state index contributed by atoms with van der Waals surface area (Å²) < 4.78 is 27.6. The van der Waals surface area contributed by atoms with Gasteiger partial charge in [-0.05, 0) is 23.6 Å². The van der Waals surface area contributed by atoms with E-state index in [1.165, 1.54) is 0 Å². The highest BCUT2D eigenvalue weighted by atomic mass is 32.2. The molecular weight excluding hydrogens is 270 g/mol. The molecule has 0 aliphatic heterocycles. The van der Waals surface area contributed by atoms with E-state index in [9.17, 15) is 8.42 Å². The fraction of sp³-hybridized carbons (Fsp3) is 0.250. The highest BCUT2D eigenvalue weighted by Gasteiger charge is 2.23. The third-order valence-electron chi connectivity index (χ3n) is 3.16. The van der Waals surface area contributed by atoms with Gasteiger partial charge in [0.25, 0.3) is 0 Å². The first kappa shape index (κ1) is 14.8. The van der Waals surface area contributed by atoms with Crippen LogP contribution < -0.4 is 4.72 Å². The fourth-order valence-corrected chi connectivity index (χ4v) is 3.48. The molecule has 0 spiro atoms. The van der Waals surface area contributed by atoms with Gasteiger partial charge in [0.2, 0.25) is 10.0 Å². The van der Waals surface area contributed by atoms with Gasteiger partial charge < -0.3 is 0 Å². The van der Waals surface area contributed by atoms with Gasteiger partial charge in [0.05, 0.1) is 4.90 Å². The minimum absolute atomic E-state index is 0.163. The zero-order valence-electron chi connectivity index (χ0n) is 11.7. The van der Waals surface area contributed by atoms with E-state index in [0.717, 1.165) is 5.56 Å². The van der Waals surface area contributed by atoms with Crippen LogP contribution in [0, 0.1) is 5.92 Å². The average Bonchev–Trinajstić information content (AvgIpc) is 2.46. The number of nitrogens with one attached hydrogen (secondary N) is 1. The van der Waals surface area contributed by atoms with Gasteiger partial charge in [-0.2, -0.15) is 0 Å². The molecule has 1 atom stereocenters. The summed E-state index contributed by atoms with van der Waals surface area (Å²) in [5.74, 6) is 0.163. The van der Waals surface area contributed by atoms with Crippen molar-refractivity contribution in [3.63, 3.8) is 0 Å². The summed E-state index contributed by atoms with van der Waals surface area (Å²) in [6.07, 6.45) is 0. The highest BCUT2D eigenvalue weighted by molar-refractivity contribution is 7.89. The summed E-state index contributed by atoms with van der Waals surface area (Å²) in [7, 11) is -3.50. The topological polar surface area (TPSA) is 46.2 Å². The SMILES string of the molecule is CC(C)[C@@H](NS(=O)(=O)c1ccccc1)c1ccccc1. The average molecular weight is 289 g/mol. The Hall–Kier alpha value is -1.65. The van der Waals surface area contributed by atoms with Crippen molar-refractivity contribution in [2.45, 2.75) is 24.8 Å². The van der Waals surface area contributed by atoms with Crippen molar-refractivity contribution in [1.82, 2.24) is 4.72 Å². The van der Waals surface area contributed by atoms with E-state index in [4.69, 9.17) is 0 Å². The van der Waals surface area contributed by atoms with Gasteiger partial charge in [-0.15, -0.1) is 0 Å². The molecule has 0 aliphatic rings. The summed E-state index contributed by atoms with van der Waals surface area (Å²) in [5.41, 5.74) is 0.974. The number of benzene rings is 2. The molecule has 0 unspecified atom stereocenters. The molecule has 0 aromatic heterocycles. The standard InChI is InChI=1S/C16H19NO2S/c1-13(2)16(14-9-5-3-6-10-14)17-20(18,19)15-11-7-4-8-12-15/h3-13,16-17H,1-2H3/t16-/m1/s1. The van der Waals surface area contributed by atoms with E-state index in [2.05, 4.69) is 4.72 Å². The van der Waals surface area contributed by atoms with E-state index < -0.39 is 10.0 Å². The fourth-order valence-electron chi connectivity index (χ4n) is 2.08. The van der Waals surface area contributed by atoms with E-state index in [1.807, 2.05) is 44.2 Å². The molecule has 0 fully saturated rings. The van der Waals surface area contributed by atoms with Gasteiger partial charge in [-0.3, -0.25) is 0 Å². The smallest absolute Gasteiger partial charge is 0.207 e. The Morgan fingerprint density at radius 2 is 1.35 bits per heavy atom. The van der Waals surface area contributed by atoms with Crippen LogP contribution in [0.1, 0.15) is 25.5 Å². The summed E-state index contributed by atoms with van der Waals surface area (Å²) in [4.78, 5) is 0.293. The molecule has 20 heavy (non-hydrogen) atoms. The van der Waals surface area contributed by atoms with Gasteiger partial charge in [0.15, 0.2) is 0 Å². The third kappa shape index (κ3) is 3.46. The molecule has 1 N–H and O–H groups in total. The van der Waals surface area contributed by atoms with Crippen molar-refractivity contribution in [2.24, 2.45) is 5.92 Å². The minimum Gasteiger partial charge on any atom is -0.207 e. The Kier molecular flexibility index (Phi) is 4.57. The summed E-state index contributed by atoms with van der Waals surface area (Å²) in [6.45, 7) is 4.01. The van der Waals surface area contributed by atoms with Crippen molar-refractivity contribution in [1.29, 1.82) is 0 Å². The minimum atomic E-state index is -3.50. The largest absolute Gasteiger partial charge is 0.241 e. The van der Waals surface area contributed by atoms with Crippen molar-refractivity contribution in [3.05, 3.63) is 66.2 Å². The summed E-state index contributed by atoms with van der Waals surface area (Å²) >= 11 is 0. The lowest BCUT2D eigenvalue weighted by Crippen LogP contribution is -2.31. The first-order valence-corrected chi connectivity index (χ1v) is 8.11. The molecule has 0 radical (unpaired) electrons. The molecule has 0 saturated carbocycles. The first-order valence-electron chi connectivity index (χ1n) is 6.63. The highest BCUT2D eigenvalue weighted by Crippen LogP contribution is 2.24. The van der Waals surface area contributed by atoms with Gasteiger partial charge >= 0.3 is 0 Å². The molecule has 0 bridgehead atoms.